The van der Waals surface area contributed by atoms with E-state index >= 15 is 0 Å². The van der Waals surface area contributed by atoms with Gasteiger partial charge in [0.25, 0.3) is 0 Å². The van der Waals surface area contributed by atoms with E-state index in [1.807, 2.05) is 0 Å². The fraction of sp³-hybridized carbons (Fsp3) is 1.00. The van der Waals surface area contributed by atoms with Gasteiger partial charge in [-0.1, -0.05) is 19.8 Å². The van der Waals surface area contributed by atoms with Crippen molar-refractivity contribution >= 4 is 9.84 Å². The first-order valence-electron chi connectivity index (χ1n) is 6.14. The minimum Gasteiger partial charge on any atom is -0.395 e. The largest absolute Gasteiger partial charge is 0.395 e. The number of rotatable bonds is 7. The van der Waals surface area contributed by atoms with Crippen LogP contribution in [0.2, 0.25) is 0 Å². The van der Waals surface area contributed by atoms with Gasteiger partial charge in [-0.05, 0) is 12.8 Å². The molecule has 1 fully saturated rings. The highest BCUT2D eigenvalue weighted by Crippen LogP contribution is 2.23. The molecule has 96 valence electrons. The minimum atomic E-state index is -2.89. The zero-order chi connectivity index (χ0) is 12.0. The summed E-state index contributed by atoms with van der Waals surface area (Å²) >= 11 is 0. The second kappa shape index (κ2) is 6.57. The Kier molecular flexibility index (Phi) is 5.72. The Labute approximate surface area is 98.6 Å². The van der Waals surface area contributed by atoms with Crippen molar-refractivity contribution in [2.75, 3.05) is 31.2 Å². The molecule has 0 aromatic rings. The molecule has 16 heavy (non-hydrogen) atoms. The summed E-state index contributed by atoms with van der Waals surface area (Å²) in [7, 11) is -2.89. The lowest BCUT2D eigenvalue weighted by molar-refractivity contribution is 0.159. The van der Waals surface area contributed by atoms with Crippen molar-refractivity contribution in [1.29, 1.82) is 0 Å². The lowest BCUT2D eigenvalue weighted by atomic mass is 10.2. The lowest BCUT2D eigenvalue weighted by Crippen LogP contribution is -2.39. The third-order valence-corrected chi connectivity index (χ3v) is 5.04. The van der Waals surface area contributed by atoms with Crippen LogP contribution in [0.3, 0.4) is 0 Å². The molecule has 0 aromatic carbocycles. The Morgan fingerprint density at radius 2 is 1.88 bits per heavy atom. The Bertz CT molecular complexity index is 284. The molecule has 0 unspecified atom stereocenters. The van der Waals surface area contributed by atoms with E-state index in [0.29, 0.717) is 19.1 Å². The number of nitrogens with zero attached hydrogens (tertiary/aromatic N) is 1. The summed E-state index contributed by atoms with van der Waals surface area (Å²) in [5, 5.41) is 8.99. The van der Waals surface area contributed by atoms with Gasteiger partial charge in [0, 0.05) is 24.9 Å². The molecule has 0 heterocycles. The average Bonchev–Trinajstić information content (AvgIpc) is 2.77. The van der Waals surface area contributed by atoms with Gasteiger partial charge in [0.2, 0.25) is 0 Å². The van der Waals surface area contributed by atoms with Gasteiger partial charge in [-0.2, -0.15) is 0 Å². The Morgan fingerprint density at radius 1 is 1.25 bits per heavy atom. The molecule has 0 spiro atoms. The van der Waals surface area contributed by atoms with E-state index in [1.165, 1.54) is 12.8 Å². The molecule has 1 aliphatic carbocycles. The van der Waals surface area contributed by atoms with Crippen LogP contribution in [0.1, 0.15) is 32.6 Å². The van der Waals surface area contributed by atoms with Crippen LogP contribution in [0, 0.1) is 0 Å². The fourth-order valence-corrected chi connectivity index (χ4v) is 3.08. The highest BCUT2D eigenvalue weighted by molar-refractivity contribution is 7.91. The first-order valence-corrected chi connectivity index (χ1v) is 7.96. The Hall–Kier alpha value is -0.130. The molecule has 0 atom stereocenters. The summed E-state index contributed by atoms with van der Waals surface area (Å²) in [5.74, 6) is 0.435. The van der Waals surface area contributed by atoms with Crippen molar-refractivity contribution in [3.05, 3.63) is 0 Å². The van der Waals surface area contributed by atoms with E-state index in [1.54, 1.807) is 6.92 Å². The van der Waals surface area contributed by atoms with Crippen LogP contribution in [0.25, 0.3) is 0 Å². The standard InChI is InChI=1S/C11H23NO3S/c1-2-16(14,15)10-8-12(7-9-13)11-5-3-4-6-11/h11,13H,2-10H2,1H3. The van der Waals surface area contributed by atoms with Gasteiger partial charge < -0.3 is 5.11 Å². The topological polar surface area (TPSA) is 57.6 Å². The molecule has 1 saturated carbocycles. The lowest BCUT2D eigenvalue weighted by Gasteiger charge is -2.27. The maximum Gasteiger partial charge on any atom is 0.151 e. The summed E-state index contributed by atoms with van der Waals surface area (Å²) in [5.41, 5.74) is 0. The minimum absolute atomic E-state index is 0.114. The average molecular weight is 249 g/mol. The maximum absolute atomic E-state index is 11.4. The van der Waals surface area contributed by atoms with Crippen molar-refractivity contribution in [1.82, 2.24) is 4.90 Å². The highest BCUT2D eigenvalue weighted by atomic mass is 32.2. The van der Waals surface area contributed by atoms with E-state index in [2.05, 4.69) is 4.90 Å². The van der Waals surface area contributed by atoms with Crippen LogP contribution >= 0.6 is 0 Å². The first kappa shape index (κ1) is 13.9. The molecule has 0 aliphatic heterocycles. The van der Waals surface area contributed by atoms with Gasteiger partial charge in [-0.25, -0.2) is 8.42 Å². The van der Waals surface area contributed by atoms with Gasteiger partial charge >= 0.3 is 0 Å². The van der Waals surface area contributed by atoms with Crippen molar-refractivity contribution < 1.29 is 13.5 Å². The smallest absolute Gasteiger partial charge is 0.151 e. The Balaban J connectivity index is 2.44. The summed E-state index contributed by atoms with van der Waals surface area (Å²) in [4.78, 5) is 2.14. The molecular weight excluding hydrogens is 226 g/mol. The predicted molar refractivity (Wildman–Crippen MR) is 65.2 cm³/mol. The molecular formula is C11H23NO3S. The van der Waals surface area contributed by atoms with Gasteiger partial charge in [0.05, 0.1) is 12.4 Å². The molecule has 0 bridgehead atoms. The second-order valence-corrected chi connectivity index (χ2v) is 6.91. The van der Waals surface area contributed by atoms with E-state index < -0.39 is 9.84 Å². The van der Waals surface area contributed by atoms with Gasteiger partial charge in [0.15, 0.2) is 9.84 Å². The number of hydrogen-bond donors (Lipinski definition) is 1. The van der Waals surface area contributed by atoms with Crippen LogP contribution in [0.15, 0.2) is 0 Å². The van der Waals surface area contributed by atoms with Gasteiger partial charge in [0.1, 0.15) is 0 Å². The third kappa shape index (κ3) is 4.39. The molecule has 0 radical (unpaired) electrons. The third-order valence-electron chi connectivity index (χ3n) is 3.36. The molecule has 1 aliphatic rings. The molecule has 0 saturated heterocycles. The van der Waals surface area contributed by atoms with Crippen LogP contribution in [0.5, 0.6) is 0 Å². The summed E-state index contributed by atoms with van der Waals surface area (Å²) in [6.45, 7) is 2.97. The number of aliphatic hydroxyl groups excluding tert-OH is 1. The van der Waals surface area contributed by atoms with Crippen molar-refractivity contribution in [2.24, 2.45) is 0 Å². The van der Waals surface area contributed by atoms with E-state index in [4.69, 9.17) is 5.11 Å². The molecule has 1 N–H and O–H groups in total. The van der Waals surface area contributed by atoms with E-state index in [-0.39, 0.29) is 18.1 Å². The quantitative estimate of drug-likeness (QED) is 0.720. The predicted octanol–water partition coefficient (Wildman–Crippen LogP) is 0.658. The van der Waals surface area contributed by atoms with E-state index in [9.17, 15) is 8.42 Å². The molecule has 5 heteroatoms. The second-order valence-electron chi connectivity index (χ2n) is 4.43. The number of aliphatic hydroxyl groups is 1. The summed E-state index contributed by atoms with van der Waals surface area (Å²) in [6, 6.07) is 0.485. The molecule has 0 amide bonds. The van der Waals surface area contributed by atoms with Crippen molar-refractivity contribution in [2.45, 2.75) is 38.6 Å². The SMILES string of the molecule is CCS(=O)(=O)CCN(CCO)C1CCCC1. The van der Waals surface area contributed by atoms with E-state index in [0.717, 1.165) is 12.8 Å². The number of hydrogen-bond acceptors (Lipinski definition) is 4. The maximum atomic E-state index is 11.4. The molecule has 4 nitrogen and oxygen atoms in total. The van der Waals surface area contributed by atoms with Crippen LogP contribution in [-0.4, -0.2) is 55.7 Å². The van der Waals surface area contributed by atoms with Crippen molar-refractivity contribution in [3.8, 4) is 0 Å². The number of sulfone groups is 1. The zero-order valence-electron chi connectivity index (χ0n) is 10.1. The normalized spacial score (nSPS) is 18.4. The fourth-order valence-electron chi connectivity index (χ4n) is 2.28. The summed E-state index contributed by atoms with van der Waals surface area (Å²) in [6.07, 6.45) is 4.75. The first-order chi connectivity index (χ1) is 7.59. The van der Waals surface area contributed by atoms with Gasteiger partial charge in [-0.3, -0.25) is 4.90 Å². The van der Waals surface area contributed by atoms with Crippen molar-refractivity contribution in [3.63, 3.8) is 0 Å². The van der Waals surface area contributed by atoms with Crippen LogP contribution < -0.4 is 0 Å². The molecule has 1 rings (SSSR count). The zero-order valence-corrected chi connectivity index (χ0v) is 10.9. The monoisotopic (exact) mass is 249 g/mol. The summed E-state index contributed by atoms with van der Waals surface area (Å²) < 4.78 is 22.9. The van der Waals surface area contributed by atoms with Gasteiger partial charge in [-0.15, -0.1) is 0 Å². The van der Waals surface area contributed by atoms with Crippen LogP contribution in [-0.2, 0) is 9.84 Å². The van der Waals surface area contributed by atoms with Crippen LogP contribution in [0.4, 0.5) is 0 Å². The highest BCUT2D eigenvalue weighted by Gasteiger charge is 2.23. The molecule has 0 aromatic heterocycles. The Morgan fingerprint density at radius 3 is 2.38 bits per heavy atom.